The molecule has 1 rings (SSSR count). The van der Waals surface area contributed by atoms with Crippen LogP contribution in [0.1, 0.15) is 53.4 Å². The predicted octanol–water partition coefficient (Wildman–Crippen LogP) is 3.62. The van der Waals surface area contributed by atoms with Gasteiger partial charge in [0.2, 0.25) is 0 Å². The van der Waals surface area contributed by atoms with E-state index in [2.05, 4.69) is 43.9 Å². The summed E-state index contributed by atoms with van der Waals surface area (Å²) in [6.45, 7) is 10.8. The zero-order valence-electron chi connectivity index (χ0n) is 14.4. The van der Waals surface area contributed by atoms with Crippen molar-refractivity contribution in [3.63, 3.8) is 0 Å². The highest BCUT2D eigenvalue weighted by molar-refractivity contribution is 5.58. The Kier molecular flexibility index (Phi) is 7.97. The average molecular weight is 296 g/mol. The summed E-state index contributed by atoms with van der Waals surface area (Å²) >= 11 is 0. The standard InChI is InChI=1S/C17H32N2O2/c1-6-17(7-2,20-5)16-9-8-12-19(16)18-11-14-21-13-10-15(3)4/h10-11,16H,6-9,12-14H2,1-5H3/b18-11+/t16-/m0/s1. The first-order valence-corrected chi connectivity index (χ1v) is 8.15. The van der Waals surface area contributed by atoms with Crippen molar-refractivity contribution in [3.8, 4) is 0 Å². The van der Waals surface area contributed by atoms with E-state index in [1.165, 1.54) is 12.0 Å². The Morgan fingerprint density at radius 1 is 1.29 bits per heavy atom. The first kappa shape index (κ1) is 18.2. The summed E-state index contributed by atoms with van der Waals surface area (Å²) in [4.78, 5) is 0. The molecule has 4 nitrogen and oxygen atoms in total. The molecular weight excluding hydrogens is 264 g/mol. The Morgan fingerprint density at radius 3 is 2.57 bits per heavy atom. The van der Waals surface area contributed by atoms with Crippen LogP contribution in [0.5, 0.6) is 0 Å². The van der Waals surface area contributed by atoms with Gasteiger partial charge in [-0.05, 0) is 39.5 Å². The first-order valence-electron chi connectivity index (χ1n) is 8.15. The molecule has 1 heterocycles. The van der Waals surface area contributed by atoms with Crippen LogP contribution in [0.15, 0.2) is 16.8 Å². The van der Waals surface area contributed by atoms with E-state index in [0.717, 1.165) is 25.8 Å². The van der Waals surface area contributed by atoms with E-state index in [9.17, 15) is 0 Å². The largest absolute Gasteiger partial charge is 0.376 e. The maximum atomic E-state index is 5.87. The van der Waals surface area contributed by atoms with Crippen molar-refractivity contribution in [1.82, 2.24) is 5.01 Å². The summed E-state index contributed by atoms with van der Waals surface area (Å²) in [5.41, 5.74) is 1.21. The van der Waals surface area contributed by atoms with E-state index < -0.39 is 0 Å². The molecule has 1 fully saturated rings. The van der Waals surface area contributed by atoms with Crippen LogP contribution >= 0.6 is 0 Å². The number of allylic oxidation sites excluding steroid dienone is 1. The van der Waals surface area contributed by atoms with Crippen LogP contribution in [0.2, 0.25) is 0 Å². The van der Waals surface area contributed by atoms with Crippen LogP contribution < -0.4 is 0 Å². The van der Waals surface area contributed by atoms with Gasteiger partial charge in [0, 0.05) is 13.7 Å². The molecule has 0 aromatic heterocycles. The molecule has 0 bridgehead atoms. The minimum absolute atomic E-state index is 0.0727. The van der Waals surface area contributed by atoms with Gasteiger partial charge >= 0.3 is 0 Å². The Hall–Kier alpha value is -0.870. The zero-order chi connectivity index (χ0) is 15.7. The summed E-state index contributed by atoms with van der Waals surface area (Å²) in [7, 11) is 1.83. The van der Waals surface area contributed by atoms with Gasteiger partial charge in [-0.3, -0.25) is 5.01 Å². The quantitative estimate of drug-likeness (QED) is 0.370. The number of hydrazone groups is 1. The van der Waals surface area contributed by atoms with Crippen molar-refractivity contribution in [2.75, 3.05) is 26.9 Å². The maximum absolute atomic E-state index is 5.87. The fourth-order valence-electron chi connectivity index (χ4n) is 3.05. The molecule has 0 unspecified atom stereocenters. The van der Waals surface area contributed by atoms with Crippen molar-refractivity contribution < 1.29 is 9.47 Å². The number of rotatable bonds is 9. The van der Waals surface area contributed by atoms with Crippen molar-refractivity contribution in [2.24, 2.45) is 5.10 Å². The zero-order valence-corrected chi connectivity index (χ0v) is 14.4. The third-order valence-electron chi connectivity index (χ3n) is 4.47. The van der Waals surface area contributed by atoms with E-state index in [0.29, 0.717) is 19.3 Å². The molecule has 0 aromatic carbocycles. The van der Waals surface area contributed by atoms with E-state index in [1.807, 2.05) is 13.3 Å². The van der Waals surface area contributed by atoms with Crippen LogP contribution in [0.3, 0.4) is 0 Å². The number of hydrogen-bond acceptors (Lipinski definition) is 4. The second-order valence-corrected chi connectivity index (χ2v) is 5.91. The number of hydrogen-bond donors (Lipinski definition) is 0. The molecule has 1 atom stereocenters. The molecule has 4 heteroatoms. The fraction of sp³-hybridized carbons (Fsp3) is 0.824. The van der Waals surface area contributed by atoms with Gasteiger partial charge in [-0.1, -0.05) is 25.5 Å². The van der Waals surface area contributed by atoms with Crippen LogP contribution in [-0.2, 0) is 9.47 Å². The van der Waals surface area contributed by atoms with Gasteiger partial charge < -0.3 is 9.47 Å². The Balaban J connectivity index is 2.51. The molecule has 0 spiro atoms. The van der Waals surface area contributed by atoms with Crippen molar-refractivity contribution in [3.05, 3.63) is 11.6 Å². The monoisotopic (exact) mass is 296 g/mol. The maximum Gasteiger partial charge on any atom is 0.0892 e. The Labute approximate surface area is 130 Å². The molecular formula is C17H32N2O2. The highest BCUT2D eigenvalue weighted by Gasteiger charge is 2.41. The average Bonchev–Trinajstić information content (AvgIpc) is 2.94. The van der Waals surface area contributed by atoms with E-state index in [4.69, 9.17) is 9.47 Å². The summed E-state index contributed by atoms with van der Waals surface area (Å²) < 4.78 is 11.4. The lowest BCUT2D eigenvalue weighted by Crippen LogP contribution is -2.48. The summed E-state index contributed by atoms with van der Waals surface area (Å²) in [5.74, 6) is 0. The highest BCUT2D eigenvalue weighted by Crippen LogP contribution is 2.34. The van der Waals surface area contributed by atoms with Gasteiger partial charge in [-0.25, -0.2) is 0 Å². The lowest BCUT2D eigenvalue weighted by atomic mass is 9.87. The van der Waals surface area contributed by atoms with Gasteiger partial charge in [-0.15, -0.1) is 0 Å². The van der Waals surface area contributed by atoms with Crippen LogP contribution in [-0.4, -0.2) is 49.7 Å². The van der Waals surface area contributed by atoms with Gasteiger partial charge in [0.15, 0.2) is 0 Å². The van der Waals surface area contributed by atoms with E-state index in [-0.39, 0.29) is 5.60 Å². The molecule has 0 aromatic rings. The van der Waals surface area contributed by atoms with Gasteiger partial charge in [0.25, 0.3) is 0 Å². The molecule has 21 heavy (non-hydrogen) atoms. The van der Waals surface area contributed by atoms with Gasteiger partial charge in [0.05, 0.1) is 31.1 Å². The Bertz CT molecular complexity index is 336. The summed E-state index contributed by atoms with van der Waals surface area (Å²) in [6.07, 6.45) is 8.35. The SMILES string of the molecule is CCC(CC)(OC)[C@@H]1CCCN1/N=C/COCC=C(C)C. The van der Waals surface area contributed by atoms with E-state index >= 15 is 0 Å². The number of ether oxygens (including phenoxy) is 2. The third kappa shape index (κ3) is 5.11. The number of methoxy groups -OCH3 is 1. The molecule has 1 aliphatic rings. The molecule has 1 aliphatic heterocycles. The first-order chi connectivity index (χ1) is 10.1. The minimum Gasteiger partial charge on any atom is -0.376 e. The summed E-state index contributed by atoms with van der Waals surface area (Å²) in [5, 5.41) is 6.81. The molecule has 0 amide bonds. The molecule has 122 valence electrons. The molecule has 0 radical (unpaired) electrons. The number of nitrogens with zero attached hydrogens (tertiary/aromatic N) is 2. The smallest absolute Gasteiger partial charge is 0.0892 e. The lowest BCUT2D eigenvalue weighted by Gasteiger charge is -2.39. The molecule has 1 saturated heterocycles. The van der Waals surface area contributed by atoms with Crippen LogP contribution in [0.25, 0.3) is 0 Å². The lowest BCUT2D eigenvalue weighted by molar-refractivity contribution is -0.0731. The van der Waals surface area contributed by atoms with Gasteiger partial charge in [-0.2, -0.15) is 5.10 Å². The Morgan fingerprint density at radius 2 is 2.00 bits per heavy atom. The van der Waals surface area contributed by atoms with E-state index in [1.54, 1.807) is 0 Å². The highest BCUT2D eigenvalue weighted by atomic mass is 16.5. The third-order valence-corrected chi connectivity index (χ3v) is 4.47. The molecule has 0 aliphatic carbocycles. The predicted molar refractivity (Wildman–Crippen MR) is 88.8 cm³/mol. The fourth-order valence-corrected chi connectivity index (χ4v) is 3.05. The van der Waals surface area contributed by atoms with Crippen molar-refractivity contribution in [2.45, 2.75) is 65.0 Å². The topological polar surface area (TPSA) is 34.1 Å². The van der Waals surface area contributed by atoms with Crippen molar-refractivity contribution in [1.29, 1.82) is 0 Å². The van der Waals surface area contributed by atoms with Crippen molar-refractivity contribution >= 4 is 6.21 Å². The van der Waals surface area contributed by atoms with Crippen LogP contribution in [0, 0.1) is 0 Å². The van der Waals surface area contributed by atoms with Gasteiger partial charge in [0.1, 0.15) is 0 Å². The molecule has 0 N–H and O–H groups in total. The second-order valence-electron chi connectivity index (χ2n) is 5.91. The minimum atomic E-state index is -0.0727. The summed E-state index contributed by atoms with van der Waals surface area (Å²) in [6, 6.07) is 0.381. The second kappa shape index (κ2) is 9.21. The van der Waals surface area contributed by atoms with Crippen LogP contribution in [0.4, 0.5) is 0 Å². The normalized spacial score (nSPS) is 19.5. The molecule has 0 saturated carbocycles.